The van der Waals surface area contributed by atoms with Crippen LogP contribution in [0.15, 0.2) is 65.6 Å². The van der Waals surface area contributed by atoms with E-state index in [1.54, 1.807) is 42.5 Å². The molecule has 4 nitrogen and oxygen atoms in total. The average Bonchev–Trinajstić information content (AvgIpc) is 2.55. The molecule has 3 aromatic carbocycles. The zero-order valence-corrected chi connectivity index (χ0v) is 13.5. The van der Waals surface area contributed by atoms with E-state index < -0.39 is 10.0 Å². The van der Waals surface area contributed by atoms with Crippen molar-refractivity contribution in [2.75, 3.05) is 4.72 Å². The second-order valence-corrected chi connectivity index (χ2v) is 7.00. The molecule has 0 aliphatic rings. The summed E-state index contributed by atoms with van der Waals surface area (Å²) in [6.07, 6.45) is 0.857. The van der Waals surface area contributed by atoms with Crippen LogP contribution >= 0.6 is 0 Å². The fourth-order valence-corrected chi connectivity index (χ4v) is 3.54. The van der Waals surface area contributed by atoms with Gasteiger partial charge in [-0.2, -0.15) is 0 Å². The van der Waals surface area contributed by atoms with Crippen molar-refractivity contribution in [2.24, 2.45) is 0 Å². The number of rotatable bonds is 4. The summed E-state index contributed by atoms with van der Waals surface area (Å²) in [6.45, 7) is 2.02. The molecule has 0 bridgehead atoms. The highest BCUT2D eigenvalue weighted by molar-refractivity contribution is 7.92. The summed E-state index contributed by atoms with van der Waals surface area (Å²) in [5.41, 5.74) is 1.53. The third-order valence-electron chi connectivity index (χ3n) is 3.75. The van der Waals surface area contributed by atoms with Crippen molar-refractivity contribution in [2.45, 2.75) is 18.2 Å². The normalized spacial score (nSPS) is 11.5. The zero-order valence-electron chi connectivity index (χ0n) is 12.7. The van der Waals surface area contributed by atoms with Crippen molar-refractivity contribution in [3.05, 3.63) is 66.2 Å². The van der Waals surface area contributed by atoms with E-state index in [0.29, 0.717) is 11.1 Å². The number of aromatic hydroxyl groups is 1. The van der Waals surface area contributed by atoms with E-state index in [1.165, 1.54) is 0 Å². The van der Waals surface area contributed by atoms with Crippen LogP contribution in [0.2, 0.25) is 0 Å². The molecule has 5 heteroatoms. The Labute approximate surface area is 135 Å². The highest BCUT2D eigenvalue weighted by Crippen LogP contribution is 2.28. The van der Waals surface area contributed by atoms with E-state index in [9.17, 15) is 13.5 Å². The number of anilines is 1. The molecular weight excluding hydrogens is 310 g/mol. The van der Waals surface area contributed by atoms with Crippen molar-refractivity contribution < 1.29 is 13.5 Å². The molecule has 0 aliphatic heterocycles. The Morgan fingerprint density at radius 1 is 1.00 bits per heavy atom. The van der Waals surface area contributed by atoms with Gasteiger partial charge in [-0.25, -0.2) is 8.42 Å². The number of hydrogen-bond donors (Lipinski definition) is 2. The number of fused-ring (bicyclic) bond motifs is 1. The molecule has 0 aliphatic carbocycles. The smallest absolute Gasteiger partial charge is 0.261 e. The molecule has 0 unspecified atom stereocenters. The summed E-state index contributed by atoms with van der Waals surface area (Å²) in [4.78, 5) is 0.215. The van der Waals surface area contributed by atoms with Crippen molar-refractivity contribution in [3.8, 4) is 5.75 Å². The topological polar surface area (TPSA) is 66.4 Å². The van der Waals surface area contributed by atoms with Crippen molar-refractivity contribution in [1.29, 1.82) is 0 Å². The fourth-order valence-electron chi connectivity index (χ4n) is 2.46. The number of benzene rings is 3. The minimum Gasteiger partial charge on any atom is -0.508 e. The lowest BCUT2D eigenvalue weighted by atomic mass is 10.1. The van der Waals surface area contributed by atoms with Crippen LogP contribution in [0.5, 0.6) is 5.75 Å². The molecule has 0 aromatic heterocycles. The van der Waals surface area contributed by atoms with Gasteiger partial charge < -0.3 is 5.11 Å². The second kappa shape index (κ2) is 5.93. The van der Waals surface area contributed by atoms with Crippen LogP contribution < -0.4 is 4.72 Å². The van der Waals surface area contributed by atoms with Crippen LogP contribution in [-0.4, -0.2) is 13.5 Å². The van der Waals surface area contributed by atoms with Gasteiger partial charge in [-0.05, 0) is 47.7 Å². The van der Waals surface area contributed by atoms with E-state index in [0.717, 1.165) is 17.4 Å². The lowest BCUT2D eigenvalue weighted by Crippen LogP contribution is -2.13. The number of phenolic OH excluding ortho intramolecular Hbond substituents is 1. The first-order valence-corrected chi connectivity index (χ1v) is 8.81. The number of sulfonamides is 1. The van der Waals surface area contributed by atoms with Gasteiger partial charge >= 0.3 is 0 Å². The van der Waals surface area contributed by atoms with Gasteiger partial charge in [0.1, 0.15) is 5.75 Å². The van der Waals surface area contributed by atoms with Crippen molar-refractivity contribution in [3.63, 3.8) is 0 Å². The van der Waals surface area contributed by atoms with Gasteiger partial charge in [0.2, 0.25) is 0 Å². The lowest BCUT2D eigenvalue weighted by Gasteiger charge is -2.11. The molecule has 0 spiro atoms. The van der Waals surface area contributed by atoms with Gasteiger partial charge in [-0.3, -0.25) is 4.72 Å². The maximum Gasteiger partial charge on any atom is 0.261 e. The van der Waals surface area contributed by atoms with Gasteiger partial charge in [0.25, 0.3) is 10.0 Å². The Balaban J connectivity index is 2.01. The number of aryl methyl sites for hydroxylation is 1. The van der Waals surface area contributed by atoms with Gasteiger partial charge in [0, 0.05) is 5.39 Å². The van der Waals surface area contributed by atoms with Crippen LogP contribution in [-0.2, 0) is 16.4 Å². The van der Waals surface area contributed by atoms with Gasteiger partial charge in [0.15, 0.2) is 0 Å². The molecule has 118 valence electrons. The van der Waals surface area contributed by atoms with Gasteiger partial charge in [-0.15, -0.1) is 0 Å². The maximum absolute atomic E-state index is 12.6. The zero-order chi connectivity index (χ0) is 16.4. The Morgan fingerprint density at radius 2 is 1.74 bits per heavy atom. The first-order valence-electron chi connectivity index (χ1n) is 7.33. The summed E-state index contributed by atoms with van der Waals surface area (Å²) in [5, 5.41) is 11.2. The molecule has 0 heterocycles. The van der Waals surface area contributed by atoms with Crippen LogP contribution in [0.4, 0.5) is 5.69 Å². The van der Waals surface area contributed by atoms with Crippen molar-refractivity contribution >= 4 is 26.5 Å². The molecule has 0 saturated carbocycles. The number of nitrogens with one attached hydrogen (secondary N) is 1. The monoisotopic (exact) mass is 327 g/mol. The first-order chi connectivity index (χ1) is 11.0. The molecule has 0 atom stereocenters. The van der Waals surface area contributed by atoms with Crippen LogP contribution in [0.3, 0.4) is 0 Å². The van der Waals surface area contributed by atoms with E-state index >= 15 is 0 Å². The standard InChI is InChI=1S/C18H17NO3S/c1-2-13-6-10-16(11-7-13)23(21,22)19-18-5-3-4-14-8-9-15(20)12-17(14)18/h3-12,19-20H,2H2,1H3. The minimum atomic E-state index is -3.67. The Hall–Kier alpha value is -2.53. The van der Waals surface area contributed by atoms with Crippen LogP contribution in [0, 0.1) is 0 Å². The molecule has 0 amide bonds. The molecule has 0 fully saturated rings. The minimum absolute atomic E-state index is 0.0939. The van der Waals surface area contributed by atoms with Crippen molar-refractivity contribution in [1.82, 2.24) is 0 Å². The third-order valence-corrected chi connectivity index (χ3v) is 5.13. The predicted molar refractivity (Wildman–Crippen MR) is 92.2 cm³/mol. The van der Waals surface area contributed by atoms with Crippen LogP contribution in [0.1, 0.15) is 12.5 Å². The molecule has 2 N–H and O–H groups in total. The maximum atomic E-state index is 12.6. The Kier molecular flexibility index (Phi) is 3.96. The third kappa shape index (κ3) is 3.14. The summed E-state index contributed by atoms with van der Waals surface area (Å²) in [7, 11) is -3.67. The second-order valence-electron chi connectivity index (χ2n) is 5.31. The summed E-state index contributed by atoms with van der Waals surface area (Å²) >= 11 is 0. The number of phenols is 1. The lowest BCUT2D eigenvalue weighted by molar-refractivity contribution is 0.476. The average molecular weight is 327 g/mol. The molecule has 3 aromatic rings. The van der Waals surface area contributed by atoms with E-state index in [4.69, 9.17) is 0 Å². The quantitative estimate of drug-likeness (QED) is 0.763. The SMILES string of the molecule is CCc1ccc(S(=O)(=O)Nc2cccc3ccc(O)cc23)cc1. The summed E-state index contributed by atoms with van der Waals surface area (Å²) in [6, 6.07) is 17.0. The summed E-state index contributed by atoms with van der Waals surface area (Å²) < 4.78 is 27.7. The highest BCUT2D eigenvalue weighted by Gasteiger charge is 2.15. The number of hydrogen-bond acceptors (Lipinski definition) is 3. The van der Waals surface area contributed by atoms with Gasteiger partial charge in [-0.1, -0.05) is 37.3 Å². The van der Waals surface area contributed by atoms with Gasteiger partial charge in [0.05, 0.1) is 10.6 Å². The van der Waals surface area contributed by atoms with E-state index in [1.807, 2.05) is 25.1 Å². The molecule has 0 saturated heterocycles. The molecule has 23 heavy (non-hydrogen) atoms. The largest absolute Gasteiger partial charge is 0.508 e. The van der Waals surface area contributed by atoms with E-state index in [2.05, 4.69) is 4.72 Å². The summed E-state index contributed by atoms with van der Waals surface area (Å²) in [5.74, 6) is 0.0939. The fraction of sp³-hybridized carbons (Fsp3) is 0.111. The molecule has 3 rings (SSSR count). The predicted octanol–water partition coefficient (Wildman–Crippen LogP) is 3.91. The Morgan fingerprint density at radius 3 is 2.43 bits per heavy atom. The Bertz CT molecular complexity index is 948. The molecule has 0 radical (unpaired) electrons. The van der Waals surface area contributed by atoms with E-state index in [-0.39, 0.29) is 10.6 Å². The molecular formula is C18H17NO3S. The first kappa shape index (κ1) is 15.4. The van der Waals surface area contributed by atoms with Crippen LogP contribution in [0.25, 0.3) is 10.8 Å². The highest BCUT2D eigenvalue weighted by atomic mass is 32.2.